The van der Waals surface area contributed by atoms with Gasteiger partial charge in [0.15, 0.2) is 0 Å². The van der Waals surface area contributed by atoms with Crippen LogP contribution in [0.3, 0.4) is 0 Å². The Morgan fingerprint density at radius 3 is 2.62 bits per heavy atom. The quantitative estimate of drug-likeness (QED) is 0.665. The maximum atomic E-state index is 11.4. The molecule has 0 radical (unpaired) electrons. The van der Waals surface area contributed by atoms with Crippen LogP contribution in [0.15, 0.2) is 11.6 Å². The number of allylic oxidation sites excluding steroid dienone is 1. The van der Waals surface area contributed by atoms with Gasteiger partial charge in [-0.3, -0.25) is 4.79 Å². The zero-order valence-corrected chi connectivity index (χ0v) is 16.2. The van der Waals surface area contributed by atoms with Crippen LogP contribution in [-0.4, -0.2) is 33.0 Å². The summed E-state index contributed by atoms with van der Waals surface area (Å²) in [7, 11) is 0. The fourth-order valence-corrected chi connectivity index (χ4v) is 7.48. The average Bonchev–Trinajstić information content (AvgIpc) is 2.86. The predicted molar refractivity (Wildman–Crippen MR) is 99.5 cm³/mol. The minimum Gasteiger partial charge on any atom is -0.481 e. The van der Waals surface area contributed by atoms with Gasteiger partial charge in [0.25, 0.3) is 0 Å². The molecule has 4 rings (SSSR count). The molecule has 0 aromatic rings. The molecular formula is C22H34O4. The first kappa shape index (κ1) is 18.5. The first-order chi connectivity index (χ1) is 12.2. The standard InChI is InChI=1S/C22H34O4/c1-20-9-5-15(23)13-14(20)3-4-16-17(20)6-10-21(2)18(16)7-11-22(21,26)12-8-19(24)25/h3,15-18,23,26H,4-13H2,1-2H3,(H,24,25)/t15?,16?,17?,18?,20-,21-,22?/m0/s1. The van der Waals surface area contributed by atoms with Gasteiger partial charge in [-0.05, 0) is 86.4 Å². The Morgan fingerprint density at radius 1 is 1.15 bits per heavy atom. The Labute approximate surface area is 156 Å². The minimum absolute atomic E-state index is 0.0621. The van der Waals surface area contributed by atoms with E-state index in [4.69, 9.17) is 5.11 Å². The van der Waals surface area contributed by atoms with E-state index < -0.39 is 11.6 Å². The number of hydrogen-bond acceptors (Lipinski definition) is 3. The van der Waals surface area contributed by atoms with Gasteiger partial charge < -0.3 is 15.3 Å². The fourth-order valence-electron chi connectivity index (χ4n) is 7.48. The summed E-state index contributed by atoms with van der Waals surface area (Å²) in [6.45, 7) is 4.64. The van der Waals surface area contributed by atoms with E-state index in [-0.39, 0.29) is 23.4 Å². The Balaban J connectivity index is 1.61. The number of carboxylic acids is 1. The minimum atomic E-state index is -0.825. The number of hydrogen-bond donors (Lipinski definition) is 3. The lowest BCUT2D eigenvalue weighted by Gasteiger charge is -2.59. The zero-order valence-electron chi connectivity index (χ0n) is 16.2. The van der Waals surface area contributed by atoms with Crippen LogP contribution in [-0.2, 0) is 4.79 Å². The summed E-state index contributed by atoms with van der Waals surface area (Å²) in [6, 6.07) is 0. The first-order valence-electron chi connectivity index (χ1n) is 10.5. The lowest BCUT2D eigenvalue weighted by molar-refractivity contribution is -0.146. The second kappa shape index (κ2) is 6.07. The summed E-state index contributed by atoms with van der Waals surface area (Å²) in [4.78, 5) is 11.1. The van der Waals surface area contributed by atoms with Gasteiger partial charge in [0.2, 0.25) is 0 Å². The van der Waals surface area contributed by atoms with Crippen LogP contribution in [0.5, 0.6) is 0 Å². The zero-order chi connectivity index (χ0) is 18.7. The van der Waals surface area contributed by atoms with E-state index in [1.165, 1.54) is 5.57 Å². The van der Waals surface area contributed by atoms with Crippen LogP contribution in [0.4, 0.5) is 0 Å². The molecule has 0 bridgehead atoms. The third-order valence-corrected chi connectivity index (χ3v) is 9.15. The maximum absolute atomic E-state index is 11.4. The van der Waals surface area contributed by atoms with E-state index in [1.807, 2.05) is 0 Å². The molecule has 0 saturated heterocycles. The molecule has 4 heteroatoms. The van der Waals surface area contributed by atoms with Crippen LogP contribution in [0.1, 0.15) is 78.1 Å². The van der Waals surface area contributed by atoms with E-state index in [0.717, 1.165) is 51.4 Å². The van der Waals surface area contributed by atoms with Crippen LogP contribution in [0, 0.1) is 28.6 Å². The lowest BCUT2D eigenvalue weighted by Crippen LogP contribution is -2.54. The van der Waals surface area contributed by atoms with Gasteiger partial charge in [-0.1, -0.05) is 25.5 Å². The summed E-state index contributed by atoms with van der Waals surface area (Å²) in [5.41, 5.74) is 0.708. The second-order valence-electron chi connectivity index (χ2n) is 10.1. The SMILES string of the molecule is C[C@]12CCC(O)CC1=CCC1C2CC[C@@]2(C)C1CCC2(O)CCC(=O)O. The van der Waals surface area contributed by atoms with Gasteiger partial charge in [-0.25, -0.2) is 0 Å². The van der Waals surface area contributed by atoms with Crippen molar-refractivity contribution in [2.24, 2.45) is 28.6 Å². The molecule has 3 fully saturated rings. The number of aliphatic hydroxyl groups excluding tert-OH is 1. The first-order valence-corrected chi connectivity index (χ1v) is 10.5. The number of aliphatic hydroxyl groups is 2. The van der Waals surface area contributed by atoms with Crippen LogP contribution < -0.4 is 0 Å². The molecule has 0 aliphatic heterocycles. The molecule has 4 nitrogen and oxygen atoms in total. The van der Waals surface area contributed by atoms with Gasteiger partial charge in [-0.2, -0.15) is 0 Å². The Kier molecular flexibility index (Phi) is 4.31. The molecule has 0 aromatic carbocycles. The van der Waals surface area contributed by atoms with Crippen molar-refractivity contribution < 1.29 is 20.1 Å². The molecule has 146 valence electrons. The smallest absolute Gasteiger partial charge is 0.303 e. The molecule has 0 aromatic heterocycles. The van der Waals surface area contributed by atoms with Crippen molar-refractivity contribution in [3.63, 3.8) is 0 Å². The van der Waals surface area contributed by atoms with Crippen molar-refractivity contribution in [2.75, 3.05) is 0 Å². The van der Waals surface area contributed by atoms with Gasteiger partial charge in [-0.15, -0.1) is 0 Å². The van der Waals surface area contributed by atoms with Crippen LogP contribution in [0.25, 0.3) is 0 Å². The van der Waals surface area contributed by atoms with E-state index in [2.05, 4.69) is 19.9 Å². The van der Waals surface area contributed by atoms with Crippen molar-refractivity contribution >= 4 is 5.97 Å². The van der Waals surface area contributed by atoms with Crippen LogP contribution in [0.2, 0.25) is 0 Å². The van der Waals surface area contributed by atoms with Crippen molar-refractivity contribution in [3.05, 3.63) is 11.6 Å². The molecule has 0 spiro atoms. The molecular weight excluding hydrogens is 328 g/mol. The summed E-state index contributed by atoms with van der Waals surface area (Å²) in [6.07, 6.45) is 10.5. The van der Waals surface area contributed by atoms with Gasteiger partial charge in [0, 0.05) is 6.42 Å². The molecule has 4 aliphatic rings. The number of rotatable bonds is 3. The third kappa shape index (κ3) is 2.51. The summed E-state index contributed by atoms with van der Waals surface area (Å²) < 4.78 is 0. The third-order valence-electron chi connectivity index (χ3n) is 9.15. The molecule has 4 aliphatic carbocycles. The van der Waals surface area contributed by atoms with E-state index >= 15 is 0 Å². The number of carboxylic acid groups (broad SMARTS) is 1. The number of carbonyl (C=O) groups is 1. The fraction of sp³-hybridized carbons (Fsp3) is 0.864. The Hall–Kier alpha value is -0.870. The van der Waals surface area contributed by atoms with Gasteiger partial charge >= 0.3 is 5.97 Å². The Morgan fingerprint density at radius 2 is 1.88 bits per heavy atom. The van der Waals surface area contributed by atoms with Gasteiger partial charge in [0.1, 0.15) is 0 Å². The number of aliphatic carboxylic acids is 1. The predicted octanol–water partition coefficient (Wildman–Crippen LogP) is 3.91. The highest BCUT2D eigenvalue weighted by molar-refractivity contribution is 5.66. The highest BCUT2D eigenvalue weighted by Crippen LogP contribution is 2.67. The lowest BCUT2D eigenvalue weighted by atomic mass is 9.47. The monoisotopic (exact) mass is 362 g/mol. The van der Waals surface area contributed by atoms with Crippen molar-refractivity contribution in [1.82, 2.24) is 0 Å². The molecule has 26 heavy (non-hydrogen) atoms. The van der Waals surface area contributed by atoms with Crippen molar-refractivity contribution in [3.8, 4) is 0 Å². The van der Waals surface area contributed by atoms with Crippen molar-refractivity contribution in [1.29, 1.82) is 0 Å². The largest absolute Gasteiger partial charge is 0.481 e. The number of fused-ring (bicyclic) bond motifs is 5. The second-order valence-corrected chi connectivity index (χ2v) is 10.1. The molecule has 7 atom stereocenters. The van der Waals surface area contributed by atoms with E-state index in [0.29, 0.717) is 24.2 Å². The average molecular weight is 363 g/mol. The molecule has 5 unspecified atom stereocenters. The highest BCUT2D eigenvalue weighted by Gasteiger charge is 2.63. The summed E-state index contributed by atoms with van der Waals surface area (Å²) >= 11 is 0. The molecule has 3 saturated carbocycles. The normalized spacial score (nSPS) is 50.4. The van der Waals surface area contributed by atoms with E-state index in [9.17, 15) is 15.0 Å². The topological polar surface area (TPSA) is 77.8 Å². The maximum Gasteiger partial charge on any atom is 0.303 e. The highest BCUT2D eigenvalue weighted by atomic mass is 16.4. The molecule has 0 heterocycles. The van der Waals surface area contributed by atoms with Crippen LogP contribution >= 0.6 is 0 Å². The van der Waals surface area contributed by atoms with Gasteiger partial charge in [0.05, 0.1) is 11.7 Å². The van der Waals surface area contributed by atoms with E-state index in [1.54, 1.807) is 0 Å². The molecule has 0 amide bonds. The summed E-state index contributed by atoms with van der Waals surface area (Å²) in [5, 5.41) is 30.6. The Bertz CT molecular complexity index is 628. The van der Waals surface area contributed by atoms with Crippen molar-refractivity contribution in [2.45, 2.75) is 89.8 Å². The molecule has 3 N–H and O–H groups in total. The summed E-state index contributed by atoms with van der Waals surface area (Å²) in [5.74, 6) is 0.922.